The van der Waals surface area contributed by atoms with Gasteiger partial charge in [0.25, 0.3) is 0 Å². The maximum Gasteiger partial charge on any atom is 0.410 e. The van der Waals surface area contributed by atoms with Crippen LogP contribution in [0, 0.1) is 0 Å². The molecule has 0 saturated carbocycles. The molecular weight excluding hydrogens is 268 g/mol. The Bertz CT molecular complexity index is 456. The van der Waals surface area contributed by atoms with Gasteiger partial charge in [0.2, 0.25) is 0 Å². The largest absolute Gasteiger partial charge is 0.444 e. The zero-order valence-electron chi connectivity index (χ0n) is 13.0. The fraction of sp³-hybridized carbons (Fsp3) is 0.625. The van der Waals surface area contributed by atoms with Crippen molar-refractivity contribution in [1.82, 2.24) is 9.88 Å². The van der Waals surface area contributed by atoms with Gasteiger partial charge in [0.1, 0.15) is 5.60 Å². The van der Waals surface area contributed by atoms with Gasteiger partial charge in [-0.15, -0.1) is 0 Å². The highest BCUT2D eigenvalue weighted by atomic mass is 16.6. The van der Waals surface area contributed by atoms with Crippen LogP contribution in [0.2, 0.25) is 0 Å². The Balaban J connectivity index is 1.82. The van der Waals surface area contributed by atoms with Crippen molar-refractivity contribution in [1.29, 1.82) is 0 Å². The molecule has 1 atom stereocenters. The second-order valence-corrected chi connectivity index (χ2v) is 6.36. The molecule has 1 aliphatic rings. The molecule has 1 aliphatic heterocycles. The van der Waals surface area contributed by atoms with Crippen molar-refractivity contribution in [3.63, 3.8) is 0 Å². The first kappa shape index (κ1) is 15.8. The van der Waals surface area contributed by atoms with E-state index >= 15 is 0 Å². The van der Waals surface area contributed by atoms with Crippen LogP contribution in [0.1, 0.15) is 39.2 Å². The van der Waals surface area contributed by atoms with E-state index in [2.05, 4.69) is 4.98 Å². The highest BCUT2D eigenvalue weighted by Crippen LogP contribution is 2.18. The van der Waals surface area contributed by atoms with E-state index in [4.69, 9.17) is 9.47 Å². The van der Waals surface area contributed by atoms with Crippen LogP contribution in [0.3, 0.4) is 0 Å². The maximum absolute atomic E-state index is 12.1. The van der Waals surface area contributed by atoms with Gasteiger partial charge in [-0.05, 0) is 51.3 Å². The molecular formula is C16H24N2O3. The number of piperidine rings is 1. The van der Waals surface area contributed by atoms with Crippen molar-refractivity contribution in [2.24, 2.45) is 0 Å². The minimum Gasteiger partial charge on any atom is -0.444 e. The first-order chi connectivity index (χ1) is 9.94. The van der Waals surface area contributed by atoms with Gasteiger partial charge in [-0.25, -0.2) is 4.79 Å². The van der Waals surface area contributed by atoms with Crippen molar-refractivity contribution in [3.8, 4) is 0 Å². The summed E-state index contributed by atoms with van der Waals surface area (Å²) in [7, 11) is 0. The maximum atomic E-state index is 12.1. The number of likely N-dealkylation sites (tertiary alicyclic amines) is 1. The number of hydrogen-bond acceptors (Lipinski definition) is 4. The first-order valence-electron chi connectivity index (χ1n) is 7.42. The van der Waals surface area contributed by atoms with E-state index in [-0.39, 0.29) is 12.2 Å². The standard InChI is InChI=1S/C16H24N2O3/c1-16(2,3)21-15(19)18-10-4-5-14(11-18)20-12-13-6-8-17-9-7-13/h6-9,14H,4-5,10-12H2,1-3H3/t14-/m0/s1. The van der Waals surface area contributed by atoms with Crippen LogP contribution >= 0.6 is 0 Å². The third-order valence-corrected chi connectivity index (χ3v) is 3.26. The second kappa shape index (κ2) is 6.89. The summed E-state index contributed by atoms with van der Waals surface area (Å²) in [6, 6.07) is 3.88. The highest BCUT2D eigenvalue weighted by Gasteiger charge is 2.27. The topological polar surface area (TPSA) is 51.7 Å². The average molecular weight is 292 g/mol. The van der Waals surface area contributed by atoms with Crippen LogP contribution in [0.25, 0.3) is 0 Å². The van der Waals surface area contributed by atoms with E-state index in [9.17, 15) is 4.79 Å². The molecule has 1 saturated heterocycles. The Kier molecular flexibility index (Phi) is 5.17. The smallest absolute Gasteiger partial charge is 0.410 e. The van der Waals surface area contributed by atoms with Gasteiger partial charge in [-0.3, -0.25) is 4.98 Å². The molecule has 0 aliphatic carbocycles. The fourth-order valence-electron chi connectivity index (χ4n) is 2.26. The summed E-state index contributed by atoms with van der Waals surface area (Å²) in [4.78, 5) is 17.8. The quantitative estimate of drug-likeness (QED) is 0.859. The summed E-state index contributed by atoms with van der Waals surface area (Å²) < 4.78 is 11.3. The molecule has 0 unspecified atom stereocenters. The zero-order valence-corrected chi connectivity index (χ0v) is 13.0. The molecule has 2 heterocycles. The second-order valence-electron chi connectivity index (χ2n) is 6.36. The van der Waals surface area contributed by atoms with Gasteiger partial charge < -0.3 is 14.4 Å². The minimum atomic E-state index is -0.456. The molecule has 0 N–H and O–H groups in total. The zero-order chi connectivity index (χ0) is 15.3. The third-order valence-electron chi connectivity index (χ3n) is 3.26. The molecule has 21 heavy (non-hydrogen) atoms. The van der Waals surface area contributed by atoms with Crippen LogP contribution in [0.15, 0.2) is 24.5 Å². The summed E-state index contributed by atoms with van der Waals surface area (Å²) in [6.45, 7) is 7.53. The number of hydrogen-bond donors (Lipinski definition) is 0. The summed E-state index contributed by atoms with van der Waals surface area (Å²) in [6.07, 6.45) is 5.25. The van der Waals surface area contributed by atoms with E-state index in [1.807, 2.05) is 32.9 Å². The van der Waals surface area contributed by atoms with Crippen molar-refractivity contribution in [3.05, 3.63) is 30.1 Å². The van der Waals surface area contributed by atoms with E-state index in [1.54, 1.807) is 17.3 Å². The lowest BCUT2D eigenvalue weighted by atomic mass is 10.1. The lowest BCUT2D eigenvalue weighted by molar-refractivity contribution is -0.0258. The molecule has 1 fully saturated rings. The number of carbonyl (C=O) groups is 1. The summed E-state index contributed by atoms with van der Waals surface area (Å²) in [5.74, 6) is 0. The van der Waals surface area contributed by atoms with Gasteiger partial charge in [0.15, 0.2) is 0 Å². The minimum absolute atomic E-state index is 0.0689. The Morgan fingerprint density at radius 3 is 2.76 bits per heavy atom. The van der Waals surface area contributed by atoms with Gasteiger partial charge in [-0.1, -0.05) is 0 Å². The molecule has 5 heteroatoms. The van der Waals surface area contributed by atoms with Gasteiger partial charge >= 0.3 is 6.09 Å². The molecule has 2 rings (SSSR count). The molecule has 0 bridgehead atoms. The number of aromatic nitrogens is 1. The van der Waals surface area contributed by atoms with Crippen LogP contribution < -0.4 is 0 Å². The first-order valence-corrected chi connectivity index (χ1v) is 7.42. The lowest BCUT2D eigenvalue weighted by Crippen LogP contribution is -2.45. The molecule has 1 aromatic heterocycles. The molecule has 116 valence electrons. The average Bonchev–Trinajstić information content (AvgIpc) is 2.45. The molecule has 1 amide bonds. The number of carbonyl (C=O) groups excluding carboxylic acids is 1. The number of ether oxygens (including phenoxy) is 2. The monoisotopic (exact) mass is 292 g/mol. The van der Waals surface area contributed by atoms with Gasteiger partial charge in [0.05, 0.1) is 19.3 Å². The van der Waals surface area contributed by atoms with Crippen LogP contribution in [-0.2, 0) is 16.1 Å². The van der Waals surface area contributed by atoms with Crippen LogP contribution in [0.5, 0.6) is 0 Å². The Labute approximate surface area is 126 Å². The number of pyridine rings is 1. The normalized spacial score (nSPS) is 19.4. The molecule has 1 aromatic rings. The van der Waals surface area contributed by atoms with Crippen molar-refractivity contribution >= 4 is 6.09 Å². The predicted octanol–water partition coefficient (Wildman–Crippen LogP) is 3.00. The summed E-state index contributed by atoms with van der Waals surface area (Å²) in [5, 5.41) is 0. The number of amides is 1. The molecule has 0 radical (unpaired) electrons. The fourth-order valence-corrected chi connectivity index (χ4v) is 2.26. The number of rotatable bonds is 3. The van der Waals surface area contributed by atoms with Crippen molar-refractivity contribution in [2.75, 3.05) is 13.1 Å². The summed E-state index contributed by atoms with van der Waals surface area (Å²) in [5.41, 5.74) is 0.640. The molecule has 0 spiro atoms. The molecule has 0 aromatic carbocycles. The molecule has 5 nitrogen and oxygen atoms in total. The van der Waals surface area contributed by atoms with Gasteiger partial charge in [-0.2, -0.15) is 0 Å². The van der Waals surface area contributed by atoms with Crippen molar-refractivity contribution < 1.29 is 14.3 Å². The van der Waals surface area contributed by atoms with Crippen LogP contribution in [0.4, 0.5) is 4.79 Å². The van der Waals surface area contributed by atoms with E-state index in [1.165, 1.54) is 0 Å². The predicted molar refractivity (Wildman–Crippen MR) is 79.9 cm³/mol. The van der Waals surface area contributed by atoms with E-state index < -0.39 is 5.60 Å². The van der Waals surface area contributed by atoms with E-state index in [0.717, 1.165) is 24.9 Å². The van der Waals surface area contributed by atoms with Crippen LogP contribution in [-0.4, -0.2) is 40.8 Å². The Morgan fingerprint density at radius 1 is 1.38 bits per heavy atom. The Morgan fingerprint density at radius 2 is 2.10 bits per heavy atom. The Hall–Kier alpha value is -1.62. The number of nitrogens with zero attached hydrogens (tertiary/aromatic N) is 2. The lowest BCUT2D eigenvalue weighted by Gasteiger charge is -2.34. The summed E-state index contributed by atoms with van der Waals surface area (Å²) >= 11 is 0. The van der Waals surface area contributed by atoms with Crippen molar-refractivity contribution in [2.45, 2.75) is 51.9 Å². The SMILES string of the molecule is CC(C)(C)OC(=O)N1CCC[C@H](OCc2ccncc2)C1. The van der Waals surface area contributed by atoms with E-state index in [0.29, 0.717) is 13.2 Å². The van der Waals surface area contributed by atoms with Gasteiger partial charge in [0, 0.05) is 18.9 Å². The highest BCUT2D eigenvalue weighted by molar-refractivity contribution is 5.68. The third kappa shape index (κ3) is 5.34.